The fraction of sp³-hybridized carbons (Fsp3) is 0.286. The number of hydrogen-bond donors (Lipinski definition) is 0. The van der Waals surface area contributed by atoms with Gasteiger partial charge >= 0.3 is 0 Å². The summed E-state index contributed by atoms with van der Waals surface area (Å²) in [5.41, 5.74) is 6.27. The van der Waals surface area contributed by atoms with Gasteiger partial charge in [-0.1, -0.05) is 31.2 Å². The smallest absolute Gasteiger partial charge is 0.160 e. The first-order valence-electron chi connectivity index (χ1n) is 8.88. The molecule has 0 bridgehead atoms. The summed E-state index contributed by atoms with van der Waals surface area (Å²) in [6.45, 7) is 5.17. The zero-order valence-corrected chi connectivity index (χ0v) is 14.5. The van der Waals surface area contributed by atoms with Crippen molar-refractivity contribution in [3.05, 3.63) is 77.4 Å². The minimum absolute atomic E-state index is 0.775. The molecule has 1 aromatic carbocycles. The molecule has 3 heterocycles. The molecule has 0 unspecified atom stereocenters. The van der Waals surface area contributed by atoms with Crippen LogP contribution in [0.1, 0.15) is 29.3 Å². The van der Waals surface area contributed by atoms with Crippen LogP contribution in [0.3, 0.4) is 0 Å². The Balaban J connectivity index is 1.52. The molecular formula is C21H22N4. The summed E-state index contributed by atoms with van der Waals surface area (Å²) in [5, 5.41) is 0. The topological polar surface area (TPSA) is 41.9 Å². The lowest BCUT2D eigenvalue weighted by Gasteiger charge is -2.28. The number of aryl methyl sites for hydroxylation is 1. The number of aromatic nitrogens is 3. The van der Waals surface area contributed by atoms with Gasteiger partial charge < -0.3 is 0 Å². The molecule has 0 saturated carbocycles. The highest BCUT2D eigenvalue weighted by Crippen LogP contribution is 2.22. The molecule has 0 amide bonds. The molecule has 4 nitrogen and oxygen atoms in total. The Bertz CT molecular complexity index is 861. The van der Waals surface area contributed by atoms with Crippen molar-refractivity contribution in [2.75, 3.05) is 6.54 Å². The number of benzene rings is 1. The van der Waals surface area contributed by atoms with E-state index in [0.717, 1.165) is 43.9 Å². The van der Waals surface area contributed by atoms with Gasteiger partial charge in [-0.25, -0.2) is 9.97 Å². The molecule has 0 spiro atoms. The first-order chi connectivity index (χ1) is 12.3. The monoisotopic (exact) mass is 330 g/mol. The van der Waals surface area contributed by atoms with Gasteiger partial charge in [0.2, 0.25) is 0 Å². The van der Waals surface area contributed by atoms with Crippen LogP contribution < -0.4 is 0 Å². The minimum Gasteiger partial charge on any atom is -0.294 e. The van der Waals surface area contributed by atoms with E-state index in [4.69, 9.17) is 4.98 Å². The average molecular weight is 330 g/mol. The Kier molecular flexibility index (Phi) is 4.53. The summed E-state index contributed by atoms with van der Waals surface area (Å²) in [6.07, 6.45) is 7.63. The van der Waals surface area contributed by atoms with E-state index in [2.05, 4.69) is 46.1 Å². The van der Waals surface area contributed by atoms with Crippen molar-refractivity contribution >= 4 is 0 Å². The Morgan fingerprint density at radius 2 is 1.92 bits per heavy atom. The second kappa shape index (κ2) is 7.11. The van der Waals surface area contributed by atoms with Crippen LogP contribution in [0.15, 0.2) is 55.0 Å². The van der Waals surface area contributed by atoms with Crippen LogP contribution in [0.5, 0.6) is 0 Å². The average Bonchev–Trinajstić information content (AvgIpc) is 2.68. The normalized spacial score (nSPS) is 14.3. The molecular weight excluding hydrogens is 308 g/mol. The lowest BCUT2D eigenvalue weighted by atomic mass is 10.0. The van der Waals surface area contributed by atoms with E-state index in [0.29, 0.717) is 0 Å². The maximum absolute atomic E-state index is 4.78. The van der Waals surface area contributed by atoms with E-state index in [-0.39, 0.29) is 0 Å². The molecule has 4 heteroatoms. The van der Waals surface area contributed by atoms with E-state index in [1.54, 1.807) is 6.20 Å². The molecule has 1 aliphatic heterocycles. The molecule has 0 radical (unpaired) electrons. The minimum atomic E-state index is 0.775. The Hall–Kier alpha value is -2.59. The summed E-state index contributed by atoms with van der Waals surface area (Å²) in [4.78, 5) is 16.0. The van der Waals surface area contributed by atoms with Crippen LogP contribution in [-0.2, 0) is 25.9 Å². The molecule has 4 rings (SSSR count). The van der Waals surface area contributed by atoms with Crippen LogP contribution in [0, 0.1) is 0 Å². The van der Waals surface area contributed by atoms with Crippen LogP contribution in [-0.4, -0.2) is 26.4 Å². The molecule has 0 saturated heterocycles. The van der Waals surface area contributed by atoms with Gasteiger partial charge in [0.1, 0.15) is 0 Å². The van der Waals surface area contributed by atoms with Crippen LogP contribution >= 0.6 is 0 Å². The highest BCUT2D eigenvalue weighted by atomic mass is 15.1. The number of fused-ring (bicyclic) bond motifs is 1. The predicted octanol–water partition coefficient (Wildman–Crippen LogP) is 3.66. The van der Waals surface area contributed by atoms with Crippen molar-refractivity contribution in [3.63, 3.8) is 0 Å². The Labute approximate surface area is 148 Å². The van der Waals surface area contributed by atoms with E-state index >= 15 is 0 Å². The Morgan fingerprint density at radius 3 is 2.72 bits per heavy atom. The number of nitrogens with zero attached hydrogens (tertiary/aromatic N) is 4. The SMILES string of the molecule is CCc1ccccc1CN1CCc2nc(-c3cccnc3)ncc2C1. The second-order valence-electron chi connectivity index (χ2n) is 6.49. The molecule has 1 aliphatic rings. The van der Waals surface area contributed by atoms with Gasteiger partial charge in [0.15, 0.2) is 5.82 Å². The molecule has 0 fully saturated rings. The van der Waals surface area contributed by atoms with Gasteiger partial charge in [0, 0.05) is 55.8 Å². The first kappa shape index (κ1) is 15.9. The maximum Gasteiger partial charge on any atom is 0.160 e. The lowest BCUT2D eigenvalue weighted by Crippen LogP contribution is -2.31. The third kappa shape index (κ3) is 3.44. The van der Waals surface area contributed by atoms with Gasteiger partial charge in [0.05, 0.1) is 5.69 Å². The van der Waals surface area contributed by atoms with Gasteiger partial charge in [-0.3, -0.25) is 9.88 Å². The number of pyridine rings is 1. The summed E-state index contributed by atoms with van der Waals surface area (Å²) in [5.74, 6) is 0.775. The van der Waals surface area contributed by atoms with Gasteiger partial charge in [-0.15, -0.1) is 0 Å². The molecule has 2 aromatic heterocycles. The molecule has 25 heavy (non-hydrogen) atoms. The quantitative estimate of drug-likeness (QED) is 0.732. The predicted molar refractivity (Wildman–Crippen MR) is 98.9 cm³/mol. The van der Waals surface area contributed by atoms with Crippen molar-refractivity contribution < 1.29 is 0 Å². The summed E-state index contributed by atoms with van der Waals surface area (Å²) >= 11 is 0. The second-order valence-corrected chi connectivity index (χ2v) is 6.49. The molecule has 0 aliphatic carbocycles. The van der Waals surface area contributed by atoms with E-state index < -0.39 is 0 Å². The van der Waals surface area contributed by atoms with Crippen molar-refractivity contribution in [1.29, 1.82) is 0 Å². The van der Waals surface area contributed by atoms with Gasteiger partial charge in [-0.2, -0.15) is 0 Å². The number of rotatable bonds is 4. The maximum atomic E-state index is 4.78. The zero-order chi connectivity index (χ0) is 17.1. The Morgan fingerprint density at radius 1 is 1.04 bits per heavy atom. The lowest BCUT2D eigenvalue weighted by molar-refractivity contribution is 0.242. The molecule has 0 N–H and O–H groups in total. The fourth-order valence-corrected chi connectivity index (χ4v) is 3.44. The van der Waals surface area contributed by atoms with Crippen molar-refractivity contribution in [2.45, 2.75) is 32.9 Å². The van der Waals surface area contributed by atoms with Crippen molar-refractivity contribution in [2.24, 2.45) is 0 Å². The van der Waals surface area contributed by atoms with Crippen LogP contribution in [0.25, 0.3) is 11.4 Å². The molecule has 126 valence electrons. The number of hydrogen-bond acceptors (Lipinski definition) is 4. The fourth-order valence-electron chi connectivity index (χ4n) is 3.44. The van der Waals surface area contributed by atoms with E-state index in [1.165, 1.54) is 22.4 Å². The van der Waals surface area contributed by atoms with Crippen molar-refractivity contribution in [1.82, 2.24) is 19.9 Å². The van der Waals surface area contributed by atoms with Gasteiger partial charge in [0.25, 0.3) is 0 Å². The van der Waals surface area contributed by atoms with Gasteiger partial charge in [-0.05, 0) is 29.7 Å². The third-order valence-electron chi connectivity index (χ3n) is 4.83. The van der Waals surface area contributed by atoms with E-state index in [9.17, 15) is 0 Å². The summed E-state index contributed by atoms with van der Waals surface area (Å²) in [6, 6.07) is 12.7. The van der Waals surface area contributed by atoms with Crippen molar-refractivity contribution in [3.8, 4) is 11.4 Å². The highest BCUT2D eigenvalue weighted by molar-refractivity contribution is 5.53. The summed E-state index contributed by atoms with van der Waals surface area (Å²) < 4.78 is 0. The van der Waals surface area contributed by atoms with Crippen LogP contribution in [0.4, 0.5) is 0 Å². The first-order valence-corrected chi connectivity index (χ1v) is 8.88. The largest absolute Gasteiger partial charge is 0.294 e. The standard InChI is InChI=1S/C21H22N4/c1-2-16-6-3-4-7-18(16)14-25-11-9-20-19(15-25)13-23-21(24-20)17-8-5-10-22-12-17/h3-8,10,12-13H,2,9,11,14-15H2,1H3. The summed E-state index contributed by atoms with van der Waals surface area (Å²) in [7, 11) is 0. The molecule has 3 aromatic rings. The third-order valence-corrected chi connectivity index (χ3v) is 4.83. The molecule has 0 atom stereocenters. The van der Waals surface area contributed by atoms with E-state index in [1.807, 2.05) is 24.5 Å². The van der Waals surface area contributed by atoms with Crippen LogP contribution in [0.2, 0.25) is 0 Å². The zero-order valence-electron chi connectivity index (χ0n) is 14.5. The highest BCUT2D eigenvalue weighted by Gasteiger charge is 2.19.